The molecule has 2 aliphatic rings. The number of anilines is 1. The van der Waals surface area contributed by atoms with Crippen molar-refractivity contribution in [1.82, 2.24) is 4.90 Å². The number of benzene rings is 1. The fourth-order valence-electron chi connectivity index (χ4n) is 3.02. The Balaban J connectivity index is 1.58. The fraction of sp³-hybridized carbons (Fsp3) is 0.438. The quantitative estimate of drug-likeness (QED) is 0.820. The Morgan fingerprint density at radius 2 is 2.08 bits per heavy atom. The molecule has 2 heterocycles. The third-order valence-electron chi connectivity index (χ3n) is 4.29. The molecule has 3 rings (SSSR count). The van der Waals surface area contributed by atoms with Crippen molar-refractivity contribution in [1.29, 1.82) is 0 Å². The van der Waals surface area contributed by atoms with E-state index in [4.69, 9.17) is 4.74 Å². The number of ether oxygens (including phenoxy) is 1. The second-order valence-corrected chi connectivity index (χ2v) is 7.52. The molecule has 9 heteroatoms. The van der Waals surface area contributed by atoms with Crippen LogP contribution in [0.3, 0.4) is 0 Å². The summed E-state index contributed by atoms with van der Waals surface area (Å²) in [5.74, 6) is -3.14. The van der Waals surface area contributed by atoms with Gasteiger partial charge in [0.15, 0.2) is 6.61 Å². The van der Waals surface area contributed by atoms with E-state index in [1.807, 2.05) is 12.2 Å². The number of nitrogens with zero attached hydrogens (tertiary/aromatic N) is 1. The van der Waals surface area contributed by atoms with Gasteiger partial charge < -0.3 is 15.0 Å². The summed E-state index contributed by atoms with van der Waals surface area (Å²) in [5.41, 5.74) is -0.595. The first-order valence-corrected chi connectivity index (χ1v) is 8.67. The number of amides is 2. The molecule has 2 aliphatic heterocycles. The van der Waals surface area contributed by atoms with Crippen LogP contribution in [0.5, 0.6) is 0 Å². The van der Waals surface area contributed by atoms with E-state index >= 15 is 0 Å². The van der Waals surface area contributed by atoms with Gasteiger partial charge >= 0.3 is 5.97 Å². The van der Waals surface area contributed by atoms with Gasteiger partial charge in [0.25, 0.3) is 5.91 Å². The fourth-order valence-corrected chi connectivity index (χ4v) is 4.44. The summed E-state index contributed by atoms with van der Waals surface area (Å²) >= 11 is 1.50. The third-order valence-corrected chi connectivity index (χ3v) is 5.79. The van der Waals surface area contributed by atoms with E-state index in [9.17, 15) is 23.2 Å². The van der Waals surface area contributed by atoms with E-state index in [1.54, 1.807) is 0 Å². The predicted molar refractivity (Wildman–Crippen MR) is 86.7 cm³/mol. The molecule has 1 aromatic rings. The van der Waals surface area contributed by atoms with Crippen molar-refractivity contribution in [3.05, 3.63) is 29.8 Å². The summed E-state index contributed by atoms with van der Waals surface area (Å²) < 4.78 is 31.9. The van der Waals surface area contributed by atoms with Crippen molar-refractivity contribution in [2.24, 2.45) is 0 Å². The Kier molecular flexibility index (Phi) is 4.68. The summed E-state index contributed by atoms with van der Waals surface area (Å²) in [6.07, 6.45) is 1.04. The monoisotopic (exact) mass is 370 g/mol. The van der Waals surface area contributed by atoms with E-state index in [2.05, 4.69) is 0 Å². The van der Waals surface area contributed by atoms with Crippen LogP contribution in [0, 0.1) is 11.6 Å². The maximum atomic E-state index is 13.5. The van der Waals surface area contributed by atoms with Gasteiger partial charge in [0, 0.05) is 12.2 Å². The number of esters is 1. The van der Waals surface area contributed by atoms with Gasteiger partial charge in [0.2, 0.25) is 5.91 Å². The molecule has 0 saturated carbocycles. The summed E-state index contributed by atoms with van der Waals surface area (Å²) in [4.78, 5) is 37.1. The summed E-state index contributed by atoms with van der Waals surface area (Å²) in [6.45, 7) is 1.20. The molecule has 1 N–H and O–H groups in total. The van der Waals surface area contributed by atoms with E-state index in [-0.39, 0.29) is 5.91 Å². The molecule has 1 aromatic carbocycles. The minimum atomic E-state index is -0.926. The minimum absolute atomic E-state index is 0.118. The van der Waals surface area contributed by atoms with Crippen molar-refractivity contribution in [2.45, 2.75) is 30.7 Å². The van der Waals surface area contributed by atoms with Crippen LogP contribution in [0.15, 0.2) is 18.2 Å². The van der Waals surface area contributed by atoms with Crippen LogP contribution in [-0.4, -0.2) is 46.0 Å². The highest BCUT2D eigenvalue weighted by atomic mass is 32.2. The molecule has 0 aromatic heterocycles. The average Bonchev–Trinajstić information content (AvgIpc) is 3.05. The standard InChI is InChI=1S/C16H16F2N2O4S/c1-16-6-5-13(22)20(16)11(8-25-16)15(23)24-7-12(21)19-14-9(17)3-2-4-10(14)18/h2-4,11H,5-8H2,1H3,(H,19,21)/t11-,16-/m0/s1. The molecular weight excluding hydrogens is 354 g/mol. The number of halogens is 2. The number of para-hydroxylation sites is 1. The molecule has 2 fully saturated rings. The van der Waals surface area contributed by atoms with Crippen molar-refractivity contribution in [3.63, 3.8) is 0 Å². The van der Waals surface area contributed by atoms with E-state index in [0.717, 1.165) is 12.1 Å². The summed E-state index contributed by atoms with van der Waals surface area (Å²) in [7, 11) is 0. The van der Waals surface area contributed by atoms with E-state index < -0.39 is 46.7 Å². The molecule has 2 amide bonds. The molecule has 0 radical (unpaired) electrons. The number of nitrogens with one attached hydrogen (secondary N) is 1. The second-order valence-electron chi connectivity index (χ2n) is 6.02. The lowest BCUT2D eigenvalue weighted by molar-refractivity contribution is -0.155. The van der Waals surface area contributed by atoms with Gasteiger partial charge in [-0.25, -0.2) is 13.6 Å². The Morgan fingerprint density at radius 3 is 2.76 bits per heavy atom. The average molecular weight is 370 g/mol. The Hall–Kier alpha value is -2.16. The molecule has 0 unspecified atom stereocenters. The van der Waals surface area contributed by atoms with Crippen LogP contribution in [0.4, 0.5) is 14.5 Å². The van der Waals surface area contributed by atoms with Crippen molar-refractivity contribution < 1.29 is 27.9 Å². The molecular formula is C16H16F2N2O4S. The maximum Gasteiger partial charge on any atom is 0.330 e. The lowest BCUT2D eigenvalue weighted by Crippen LogP contribution is -2.47. The van der Waals surface area contributed by atoms with Crippen LogP contribution >= 0.6 is 11.8 Å². The van der Waals surface area contributed by atoms with E-state index in [0.29, 0.717) is 18.6 Å². The van der Waals surface area contributed by atoms with Crippen LogP contribution in [-0.2, 0) is 19.1 Å². The Labute approximate surface area is 146 Å². The minimum Gasteiger partial charge on any atom is -0.454 e. The number of carbonyl (C=O) groups excluding carboxylic acids is 3. The van der Waals surface area contributed by atoms with Gasteiger partial charge in [-0.15, -0.1) is 11.8 Å². The highest BCUT2D eigenvalue weighted by Crippen LogP contribution is 2.47. The van der Waals surface area contributed by atoms with Gasteiger partial charge in [-0.05, 0) is 25.5 Å². The normalized spacial score (nSPS) is 25.0. The van der Waals surface area contributed by atoms with Gasteiger partial charge in [0.1, 0.15) is 23.4 Å². The molecule has 0 bridgehead atoms. The van der Waals surface area contributed by atoms with Gasteiger partial charge in [-0.3, -0.25) is 9.59 Å². The van der Waals surface area contributed by atoms with Crippen LogP contribution in [0.1, 0.15) is 19.8 Å². The molecule has 0 spiro atoms. The zero-order chi connectivity index (χ0) is 18.2. The smallest absolute Gasteiger partial charge is 0.330 e. The number of fused-ring (bicyclic) bond motifs is 1. The topological polar surface area (TPSA) is 75.7 Å². The van der Waals surface area contributed by atoms with E-state index in [1.165, 1.54) is 22.7 Å². The predicted octanol–water partition coefficient (Wildman–Crippen LogP) is 1.90. The lowest BCUT2D eigenvalue weighted by Gasteiger charge is -2.29. The van der Waals surface area contributed by atoms with Gasteiger partial charge in [-0.2, -0.15) is 0 Å². The highest BCUT2D eigenvalue weighted by Gasteiger charge is 2.53. The lowest BCUT2D eigenvalue weighted by atomic mass is 10.2. The molecule has 25 heavy (non-hydrogen) atoms. The van der Waals surface area contributed by atoms with Gasteiger partial charge in [-0.1, -0.05) is 6.07 Å². The van der Waals surface area contributed by atoms with Crippen molar-refractivity contribution >= 4 is 35.2 Å². The number of hydrogen-bond acceptors (Lipinski definition) is 5. The zero-order valence-electron chi connectivity index (χ0n) is 13.4. The van der Waals surface area contributed by atoms with Crippen LogP contribution < -0.4 is 5.32 Å². The first-order valence-electron chi connectivity index (χ1n) is 7.68. The SMILES string of the molecule is C[C@]12CCC(=O)N1[C@H](C(=O)OCC(=O)Nc1c(F)cccc1F)CS2. The van der Waals surface area contributed by atoms with Crippen LogP contribution in [0.2, 0.25) is 0 Å². The van der Waals surface area contributed by atoms with Crippen molar-refractivity contribution in [2.75, 3.05) is 17.7 Å². The van der Waals surface area contributed by atoms with Crippen LogP contribution in [0.25, 0.3) is 0 Å². The molecule has 2 atom stereocenters. The highest BCUT2D eigenvalue weighted by molar-refractivity contribution is 8.01. The zero-order valence-corrected chi connectivity index (χ0v) is 14.2. The number of hydrogen-bond donors (Lipinski definition) is 1. The third kappa shape index (κ3) is 3.33. The molecule has 6 nitrogen and oxygen atoms in total. The number of thioether (sulfide) groups is 1. The molecule has 2 saturated heterocycles. The summed E-state index contributed by atoms with van der Waals surface area (Å²) in [6, 6.07) is 2.42. The second kappa shape index (κ2) is 6.62. The Morgan fingerprint density at radius 1 is 1.40 bits per heavy atom. The molecule has 0 aliphatic carbocycles. The first kappa shape index (κ1) is 17.7. The first-order chi connectivity index (χ1) is 11.8. The van der Waals surface area contributed by atoms with Gasteiger partial charge in [0.05, 0.1) is 4.87 Å². The molecule has 134 valence electrons. The maximum absolute atomic E-state index is 13.5. The number of carbonyl (C=O) groups is 3. The number of rotatable bonds is 4. The largest absolute Gasteiger partial charge is 0.454 e. The van der Waals surface area contributed by atoms with Crippen molar-refractivity contribution in [3.8, 4) is 0 Å². The Bertz CT molecular complexity index is 725. The summed E-state index contributed by atoms with van der Waals surface area (Å²) in [5, 5.41) is 2.04.